The van der Waals surface area contributed by atoms with E-state index in [4.69, 9.17) is 5.73 Å². The van der Waals surface area contributed by atoms with Gasteiger partial charge in [-0.3, -0.25) is 19.7 Å². The van der Waals surface area contributed by atoms with Gasteiger partial charge in [0.15, 0.2) is 0 Å². The summed E-state index contributed by atoms with van der Waals surface area (Å²) in [5.74, 6) is -0.374. The zero-order chi connectivity index (χ0) is 20.9. The SMILES string of the molecule is CCC(CC)(CN)NC(=O)c1ccc(N2CCN(C(C)=O)CC2)c([N+](=O)[O-])c1.Cl. The van der Waals surface area contributed by atoms with Crippen molar-refractivity contribution in [1.82, 2.24) is 10.2 Å². The summed E-state index contributed by atoms with van der Waals surface area (Å²) in [6.45, 7) is 7.75. The number of nitrogens with two attached hydrogens (primary N) is 1. The number of hydrogen-bond acceptors (Lipinski definition) is 6. The highest BCUT2D eigenvalue weighted by atomic mass is 35.5. The highest BCUT2D eigenvalue weighted by molar-refractivity contribution is 5.96. The van der Waals surface area contributed by atoms with E-state index in [1.54, 1.807) is 17.0 Å². The van der Waals surface area contributed by atoms with Crippen LogP contribution >= 0.6 is 12.4 Å². The Labute approximate surface area is 177 Å². The van der Waals surface area contributed by atoms with Gasteiger partial charge in [0.05, 0.1) is 10.5 Å². The minimum Gasteiger partial charge on any atom is -0.362 e. The third-order valence-electron chi connectivity index (χ3n) is 5.62. The second-order valence-corrected chi connectivity index (χ2v) is 7.10. The van der Waals surface area contributed by atoms with Gasteiger partial charge >= 0.3 is 0 Å². The lowest BCUT2D eigenvalue weighted by atomic mass is 9.92. The van der Waals surface area contributed by atoms with Gasteiger partial charge in [-0.1, -0.05) is 13.8 Å². The normalized spacial score (nSPS) is 14.2. The number of carbonyl (C=O) groups excluding carboxylic acids is 2. The van der Waals surface area contributed by atoms with Crippen molar-refractivity contribution in [2.45, 2.75) is 39.2 Å². The van der Waals surface area contributed by atoms with E-state index in [1.807, 2.05) is 18.7 Å². The molecule has 1 heterocycles. The highest BCUT2D eigenvalue weighted by Crippen LogP contribution is 2.30. The second-order valence-electron chi connectivity index (χ2n) is 7.10. The van der Waals surface area contributed by atoms with Gasteiger partial charge in [0.25, 0.3) is 11.6 Å². The van der Waals surface area contributed by atoms with Crippen LogP contribution in [-0.4, -0.2) is 59.9 Å². The molecule has 1 saturated heterocycles. The van der Waals surface area contributed by atoms with Crippen LogP contribution in [0.3, 0.4) is 0 Å². The minimum atomic E-state index is -0.520. The lowest BCUT2D eigenvalue weighted by Crippen LogP contribution is -2.52. The third-order valence-corrected chi connectivity index (χ3v) is 5.62. The van der Waals surface area contributed by atoms with Gasteiger partial charge in [0, 0.05) is 51.3 Å². The molecule has 1 aromatic carbocycles. The smallest absolute Gasteiger partial charge is 0.293 e. The van der Waals surface area contributed by atoms with Crippen LogP contribution in [0.15, 0.2) is 18.2 Å². The summed E-state index contributed by atoms with van der Waals surface area (Å²) in [5, 5.41) is 14.6. The summed E-state index contributed by atoms with van der Waals surface area (Å²) < 4.78 is 0. The van der Waals surface area contributed by atoms with Crippen molar-refractivity contribution in [3.8, 4) is 0 Å². The molecule has 10 heteroatoms. The van der Waals surface area contributed by atoms with E-state index < -0.39 is 10.5 Å². The lowest BCUT2D eigenvalue weighted by molar-refractivity contribution is -0.384. The molecule has 1 fully saturated rings. The fourth-order valence-electron chi connectivity index (χ4n) is 3.42. The van der Waals surface area contributed by atoms with Crippen molar-refractivity contribution < 1.29 is 14.5 Å². The van der Waals surface area contributed by atoms with Crippen molar-refractivity contribution in [1.29, 1.82) is 0 Å². The Morgan fingerprint density at radius 3 is 2.24 bits per heavy atom. The molecule has 1 aliphatic heterocycles. The first kappa shape index (κ1) is 24.6. The molecule has 0 spiro atoms. The van der Waals surface area contributed by atoms with Crippen molar-refractivity contribution in [3.05, 3.63) is 33.9 Å². The topological polar surface area (TPSA) is 122 Å². The molecule has 0 bridgehead atoms. The number of rotatable bonds is 7. The van der Waals surface area contributed by atoms with Crippen molar-refractivity contribution in [3.63, 3.8) is 0 Å². The Morgan fingerprint density at radius 2 is 1.79 bits per heavy atom. The van der Waals surface area contributed by atoms with E-state index in [2.05, 4.69) is 5.32 Å². The second kappa shape index (κ2) is 10.4. The van der Waals surface area contributed by atoms with Crippen LogP contribution in [0.4, 0.5) is 11.4 Å². The first-order chi connectivity index (χ1) is 13.3. The molecule has 2 amide bonds. The molecule has 0 radical (unpaired) electrons. The van der Waals surface area contributed by atoms with Crippen LogP contribution in [0.2, 0.25) is 0 Å². The first-order valence-corrected chi connectivity index (χ1v) is 9.58. The number of carbonyl (C=O) groups is 2. The molecule has 0 aliphatic carbocycles. The number of nitro benzene ring substituents is 1. The monoisotopic (exact) mass is 427 g/mol. The Hall–Kier alpha value is -2.39. The number of anilines is 1. The summed E-state index contributed by atoms with van der Waals surface area (Å²) >= 11 is 0. The van der Waals surface area contributed by atoms with Crippen LogP contribution in [0.5, 0.6) is 0 Å². The summed E-state index contributed by atoms with van der Waals surface area (Å²) in [6, 6.07) is 4.52. The van der Waals surface area contributed by atoms with E-state index in [9.17, 15) is 19.7 Å². The van der Waals surface area contributed by atoms with Crippen LogP contribution in [-0.2, 0) is 4.79 Å². The van der Waals surface area contributed by atoms with Gasteiger partial charge in [0.2, 0.25) is 5.91 Å². The molecule has 1 aliphatic rings. The van der Waals surface area contributed by atoms with E-state index in [1.165, 1.54) is 13.0 Å². The number of nitro groups is 1. The molecular formula is C19H30ClN5O4. The maximum atomic E-state index is 12.7. The summed E-state index contributed by atoms with van der Waals surface area (Å²) in [7, 11) is 0. The van der Waals surface area contributed by atoms with E-state index >= 15 is 0 Å². The number of nitrogens with one attached hydrogen (secondary N) is 1. The highest BCUT2D eigenvalue weighted by Gasteiger charge is 2.29. The summed E-state index contributed by atoms with van der Waals surface area (Å²) in [4.78, 5) is 38.9. The van der Waals surface area contributed by atoms with Crippen LogP contribution in [0.1, 0.15) is 44.0 Å². The molecule has 0 atom stereocenters. The predicted octanol–water partition coefficient (Wildman–Crippen LogP) is 1.93. The minimum absolute atomic E-state index is 0. The first-order valence-electron chi connectivity index (χ1n) is 9.58. The van der Waals surface area contributed by atoms with Gasteiger partial charge in [-0.15, -0.1) is 12.4 Å². The zero-order valence-electron chi connectivity index (χ0n) is 17.1. The summed E-state index contributed by atoms with van der Waals surface area (Å²) in [6.07, 6.45) is 1.35. The summed E-state index contributed by atoms with van der Waals surface area (Å²) in [5.41, 5.74) is 5.89. The van der Waals surface area contributed by atoms with Gasteiger partial charge in [0.1, 0.15) is 5.69 Å². The third kappa shape index (κ3) is 5.57. The molecule has 0 saturated carbocycles. The maximum absolute atomic E-state index is 12.7. The fraction of sp³-hybridized carbons (Fsp3) is 0.579. The van der Waals surface area contributed by atoms with Crippen molar-refractivity contribution in [2.75, 3.05) is 37.6 Å². The molecule has 3 N–H and O–H groups in total. The molecule has 1 aromatic rings. The Morgan fingerprint density at radius 1 is 1.21 bits per heavy atom. The number of halogens is 1. The van der Waals surface area contributed by atoms with Gasteiger partial charge in [-0.2, -0.15) is 0 Å². The number of piperazine rings is 1. The Kier molecular flexibility index (Phi) is 8.84. The zero-order valence-corrected chi connectivity index (χ0v) is 18.0. The van der Waals surface area contributed by atoms with E-state index in [0.717, 1.165) is 0 Å². The molecular weight excluding hydrogens is 398 g/mol. The number of hydrogen-bond donors (Lipinski definition) is 2. The van der Waals surface area contributed by atoms with Gasteiger partial charge in [-0.05, 0) is 25.0 Å². The van der Waals surface area contributed by atoms with Crippen LogP contribution < -0.4 is 16.0 Å². The Bertz CT molecular complexity index is 738. The predicted molar refractivity (Wildman–Crippen MR) is 115 cm³/mol. The van der Waals surface area contributed by atoms with Crippen molar-refractivity contribution in [2.24, 2.45) is 5.73 Å². The van der Waals surface area contributed by atoms with Gasteiger partial charge in [-0.25, -0.2) is 0 Å². The molecule has 2 rings (SSSR count). The fourth-order valence-corrected chi connectivity index (χ4v) is 3.42. The molecule has 0 aromatic heterocycles. The number of benzene rings is 1. The van der Waals surface area contributed by atoms with Crippen molar-refractivity contribution >= 4 is 35.6 Å². The van der Waals surface area contributed by atoms with Gasteiger partial charge < -0.3 is 20.9 Å². The number of nitrogens with zero attached hydrogens (tertiary/aromatic N) is 3. The van der Waals surface area contributed by atoms with E-state index in [0.29, 0.717) is 51.3 Å². The molecule has 162 valence electrons. The molecule has 0 unspecified atom stereocenters. The van der Waals surface area contributed by atoms with E-state index in [-0.39, 0.29) is 35.5 Å². The molecule has 29 heavy (non-hydrogen) atoms. The standard InChI is InChI=1S/C19H29N5O4.ClH/c1-4-19(5-2,13-20)21-18(26)15-6-7-16(17(12-15)24(27)28)23-10-8-22(9-11-23)14(3)25;/h6-7,12H,4-5,8-11,13,20H2,1-3H3,(H,21,26);1H. The van der Waals surface area contributed by atoms with Crippen LogP contribution in [0, 0.1) is 10.1 Å². The molecule has 9 nitrogen and oxygen atoms in total. The maximum Gasteiger partial charge on any atom is 0.293 e. The Balaban J connectivity index is 0.00000420. The lowest BCUT2D eigenvalue weighted by Gasteiger charge is -2.35. The average Bonchev–Trinajstić information content (AvgIpc) is 2.71. The van der Waals surface area contributed by atoms with Crippen LogP contribution in [0.25, 0.3) is 0 Å². The largest absolute Gasteiger partial charge is 0.362 e. The average molecular weight is 428 g/mol. The quantitative estimate of drug-likeness (QED) is 0.506. The number of amides is 2.